The van der Waals surface area contributed by atoms with Crippen LogP contribution >= 0.6 is 0 Å². The number of rotatable bonds is 5. The number of hydrogen-bond donors (Lipinski definition) is 0. The molecule has 0 fully saturated rings. The number of hydrogen-bond acceptors (Lipinski definition) is 0. The number of alkyl halides is 1. The summed E-state index contributed by atoms with van der Waals surface area (Å²) >= 11 is 0.295. The summed E-state index contributed by atoms with van der Waals surface area (Å²) in [6.07, 6.45) is 2.81. The molecule has 1 heteroatoms. The van der Waals surface area contributed by atoms with Gasteiger partial charge >= 0.3 is 92.1 Å². The Bertz CT molecular complexity index is 216. The van der Waals surface area contributed by atoms with Crippen molar-refractivity contribution >= 4 is 0 Å². The molecule has 1 aromatic carbocycles. The molecule has 0 saturated heterocycles. The van der Waals surface area contributed by atoms with Crippen LogP contribution in [0.2, 0.25) is 0 Å². The number of benzene rings is 1. The van der Waals surface area contributed by atoms with Crippen LogP contribution in [-0.2, 0) is 0 Å². The van der Waals surface area contributed by atoms with Gasteiger partial charge in [-0.25, -0.2) is 0 Å². The van der Waals surface area contributed by atoms with Gasteiger partial charge in [0, 0.05) is 0 Å². The van der Waals surface area contributed by atoms with E-state index in [0.717, 1.165) is 5.92 Å². The summed E-state index contributed by atoms with van der Waals surface area (Å²) < 4.78 is 3.03. The van der Waals surface area contributed by atoms with Crippen LogP contribution < -0.4 is 21.2 Å². The van der Waals surface area contributed by atoms with Crippen LogP contribution in [-0.4, -0.2) is 4.43 Å². The van der Waals surface area contributed by atoms with Crippen LogP contribution in [0.5, 0.6) is 0 Å². The SMILES string of the molecule is CC(C)CCC[I-]c1ccccc1. The fourth-order valence-electron chi connectivity index (χ4n) is 1.17. The molecule has 0 spiro atoms. The average Bonchev–Trinajstić information content (AvgIpc) is 2.14. The van der Waals surface area contributed by atoms with Crippen molar-refractivity contribution in [1.82, 2.24) is 0 Å². The summed E-state index contributed by atoms with van der Waals surface area (Å²) in [7, 11) is 0. The maximum absolute atomic E-state index is 2.31. The molecule has 1 aromatic rings. The van der Waals surface area contributed by atoms with Gasteiger partial charge in [0.2, 0.25) is 0 Å². The predicted octanol–water partition coefficient (Wildman–Crippen LogP) is 0.381. The van der Waals surface area contributed by atoms with E-state index in [1.165, 1.54) is 17.3 Å². The Labute approximate surface area is 92.0 Å². The molecule has 0 amide bonds. The van der Waals surface area contributed by atoms with Gasteiger partial charge in [-0.05, 0) is 0 Å². The van der Waals surface area contributed by atoms with Gasteiger partial charge in [0.15, 0.2) is 0 Å². The Morgan fingerprint density at radius 1 is 1.15 bits per heavy atom. The van der Waals surface area contributed by atoms with E-state index in [9.17, 15) is 0 Å². The zero-order valence-electron chi connectivity index (χ0n) is 8.46. The van der Waals surface area contributed by atoms with Crippen molar-refractivity contribution in [2.45, 2.75) is 26.7 Å². The first-order valence-corrected chi connectivity index (χ1v) is 7.53. The molecular formula is C12H18I-. The van der Waals surface area contributed by atoms with Crippen molar-refractivity contribution < 1.29 is 21.2 Å². The van der Waals surface area contributed by atoms with Gasteiger partial charge in [-0.3, -0.25) is 0 Å². The fourth-order valence-corrected chi connectivity index (χ4v) is 3.53. The van der Waals surface area contributed by atoms with Gasteiger partial charge in [0.25, 0.3) is 0 Å². The molecule has 74 valence electrons. The fraction of sp³-hybridized carbons (Fsp3) is 0.500. The van der Waals surface area contributed by atoms with Crippen LogP contribution in [0.1, 0.15) is 26.7 Å². The van der Waals surface area contributed by atoms with Gasteiger partial charge in [0.1, 0.15) is 0 Å². The summed E-state index contributed by atoms with van der Waals surface area (Å²) in [5.74, 6) is 0.875. The molecule has 0 atom stereocenters. The molecule has 0 nitrogen and oxygen atoms in total. The van der Waals surface area contributed by atoms with E-state index in [1.807, 2.05) is 0 Å². The third kappa shape index (κ3) is 5.29. The van der Waals surface area contributed by atoms with Crippen LogP contribution in [0.4, 0.5) is 0 Å². The summed E-state index contributed by atoms with van der Waals surface area (Å²) in [4.78, 5) is 0. The standard InChI is InChI=1S/C12H18I/c1-11(2)7-6-10-13-12-8-4-3-5-9-12/h3-5,8-9,11H,6-7,10H2,1-2H3/q-1. The molecule has 0 aromatic heterocycles. The summed E-state index contributed by atoms with van der Waals surface area (Å²) in [6, 6.07) is 10.9. The maximum atomic E-state index is 2.31. The molecular weight excluding hydrogens is 271 g/mol. The van der Waals surface area contributed by atoms with Crippen molar-refractivity contribution in [2.24, 2.45) is 5.92 Å². The molecule has 1 rings (SSSR count). The third-order valence-electron chi connectivity index (χ3n) is 1.90. The van der Waals surface area contributed by atoms with E-state index in [0.29, 0.717) is 21.2 Å². The van der Waals surface area contributed by atoms with E-state index in [-0.39, 0.29) is 0 Å². The van der Waals surface area contributed by atoms with E-state index in [2.05, 4.69) is 44.2 Å². The van der Waals surface area contributed by atoms with Crippen LogP contribution in [0.25, 0.3) is 0 Å². The van der Waals surface area contributed by atoms with Gasteiger partial charge < -0.3 is 0 Å². The second kappa shape index (κ2) is 6.41. The molecule has 0 unspecified atom stereocenters. The zero-order chi connectivity index (χ0) is 9.52. The first-order valence-electron chi connectivity index (χ1n) is 4.93. The molecule has 0 heterocycles. The van der Waals surface area contributed by atoms with E-state index >= 15 is 0 Å². The summed E-state index contributed by atoms with van der Waals surface area (Å²) in [5, 5.41) is 0. The average molecular weight is 289 g/mol. The quantitative estimate of drug-likeness (QED) is 0.418. The van der Waals surface area contributed by atoms with E-state index in [1.54, 1.807) is 3.57 Å². The predicted molar refractivity (Wildman–Crippen MR) is 54.1 cm³/mol. The van der Waals surface area contributed by atoms with Crippen molar-refractivity contribution in [3.63, 3.8) is 0 Å². The second-order valence-corrected chi connectivity index (χ2v) is 6.74. The van der Waals surface area contributed by atoms with Crippen molar-refractivity contribution in [1.29, 1.82) is 0 Å². The molecule has 0 saturated carbocycles. The molecule has 0 aliphatic rings. The Kier molecular flexibility index (Phi) is 5.44. The van der Waals surface area contributed by atoms with Crippen molar-refractivity contribution in [2.75, 3.05) is 4.43 Å². The molecule has 0 radical (unpaired) electrons. The monoisotopic (exact) mass is 289 g/mol. The summed E-state index contributed by atoms with van der Waals surface area (Å²) in [6.45, 7) is 4.61. The molecule has 13 heavy (non-hydrogen) atoms. The molecule has 0 bridgehead atoms. The van der Waals surface area contributed by atoms with Gasteiger partial charge in [-0.1, -0.05) is 0 Å². The van der Waals surface area contributed by atoms with Crippen LogP contribution in [0.15, 0.2) is 30.3 Å². The van der Waals surface area contributed by atoms with Gasteiger partial charge in [0.05, 0.1) is 0 Å². The van der Waals surface area contributed by atoms with E-state index in [4.69, 9.17) is 0 Å². The van der Waals surface area contributed by atoms with Crippen molar-refractivity contribution in [3.05, 3.63) is 33.9 Å². The molecule has 0 aliphatic heterocycles. The van der Waals surface area contributed by atoms with Crippen molar-refractivity contribution in [3.8, 4) is 0 Å². The van der Waals surface area contributed by atoms with Gasteiger partial charge in [-0.2, -0.15) is 0 Å². The topological polar surface area (TPSA) is 0 Å². The Morgan fingerprint density at radius 2 is 1.85 bits per heavy atom. The zero-order valence-corrected chi connectivity index (χ0v) is 10.6. The Hall–Kier alpha value is -0.0500. The first kappa shape index (κ1) is 11.0. The Morgan fingerprint density at radius 3 is 2.46 bits per heavy atom. The van der Waals surface area contributed by atoms with Crippen LogP contribution in [0.3, 0.4) is 0 Å². The number of halogens is 1. The molecule has 0 aliphatic carbocycles. The third-order valence-corrected chi connectivity index (χ3v) is 4.80. The minimum atomic E-state index is 0.295. The minimum absolute atomic E-state index is 0.295. The van der Waals surface area contributed by atoms with E-state index < -0.39 is 0 Å². The summed E-state index contributed by atoms with van der Waals surface area (Å²) in [5.41, 5.74) is 0. The normalized spacial score (nSPS) is 11.0. The first-order chi connectivity index (χ1) is 6.29. The Balaban J connectivity index is 2.13. The van der Waals surface area contributed by atoms with Gasteiger partial charge in [-0.15, -0.1) is 0 Å². The molecule has 0 N–H and O–H groups in total. The van der Waals surface area contributed by atoms with Crippen LogP contribution in [0, 0.1) is 9.49 Å². The second-order valence-electron chi connectivity index (χ2n) is 3.65.